The molecule has 1 fully saturated rings. The Morgan fingerprint density at radius 1 is 1.37 bits per heavy atom. The number of nitro groups is 1. The summed E-state index contributed by atoms with van der Waals surface area (Å²) in [6.07, 6.45) is 2.31. The topological polar surface area (TPSA) is 93.9 Å². The number of nitrogens with one attached hydrogen (secondary N) is 1. The van der Waals surface area contributed by atoms with Crippen LogP contribution in [0, 0.1) is 10.1 Å². The zero-order chi connectivity index (χ0) is 13.2. The van der Waals surface area contributed by atoms with E-state index < -0.39 is 4.92 Å². The SMILES string of the molecule is O=[N+]([O-])c1ccc(OCc2nc(C3CC3)n[nH]2)cc1. The van der Waals surface area contributed by atoms with Gasteiger partial charge in [0.1, 0.15) is 12.4 Å². The van der Waals surface area contributed by atoms with E-state index in [4.69, 9.17) is 4.74 Å². The lowest BCUT2D eigenvalue weighted by molar-refractivity contribution is -0.384. The Hall–Kier alpha value is -2.44. The van der Waals surface area contributed by atoms with Crippen LogP contribution >= 0.6 is 0 Å². The van der Waals surface area contributed by atoms with Gasteiger partial charge in [-0.25, -0.2) is 4.98 Å². The second-order valence-electron chi connectivity index (χ2n) is 4.45. The van der Waals surface area contributed by atoms with Gasteiger partial charge in [0.15, 0.2) is 11.6 Å². The molecule has 0 atom stereocenters. The predicted molar refractivity (Wildman–Crippen MR) is 65.8 cm³/mol. The molecule has 2 aromatic rings. The standard InChI is InChI=1S/C12H12N4O3/c17-16(18)9-3-5-10(6-4-9)19-7-11-13-12(15-14-11)8-1-2-8/h3-6,8H,1-2,7H2,(H,13,14,15). The second-order valence-corrected chi connectivity index (χ2v) is 4.45. The van der Waals surface area contributed by atoms with Gasteiger partial charge in [-0.05, 0) is 25.0 Å². The number of nitro benzene ring substituents is 1. The van der Waals surface area contributed by atoms with Crippen molar-refractivity contribution in [3.8, 4) is 5.75 Å². The van der Waals surface area contributed by atoms with Crippen LogP contribution < -0.4 is 4.74 Å². The fourth-order valence-electron chi connectivity index (χ4n) is 1.71. The summed E-state index contributed by atoms with van der Waals surface area (Å²) < 4.78 is 5.48. The van der Waals surface area contributed by atoms with Gasteiger partial charge in [0.25, 0.3) is 5.69 Å². The summed E-state index contributed by atoms with van der Waals surface area (Å²) in [5.74, 6) is 2.59. The molecule has 19 heavy (non-hydrogen) atoms. The Morgan fingerprint density at radius 3 is 2.74 bits per heavy atom. The third kappa shape index (κ3) is 2.70. The van der Waals surface area contributed by atoms with Crippen molar-refractivity contribution in [1.29, 1.82) is 0 Å². The first kappa shape index (κ1) is 11.6. The number of benzene rings is 1. The average Bonchev–Trinajstić information content (AvgIpc) is 3.16. The molecule has 1 saturated carbocycles. The summed E-state index contributed by atoms with van der Waals surface area (Å²) in [5.41, 5.74) is 0.0445. The molecule has 0 bridgehead atoms. The van der Waals surface area contributed by atoms with E-state index in [9.17, 15) is 10.1 Å². The van der Waals surface area contributed by atoms with E-state index in [2.05, 4.69) is 15.2 Å². The highest BCUT2D eigenvalue weighted by Crippen LogP contribution is 2.37. The molecule has 98 valence electrons. The summed E-state index contributed by atoms with van der Waals surface area (Å²) in [6.45, 7) is 0.275. The summed E-state index contributed by atoms with van der Waals surface area (Å²) in [5, 5.41) is 17.5. The molecule has 1 aromatic heterocycles. The molecule has 7 heteroatoms. The highest BCUT2D eigenvalue weighted by atomic mass is 16.6. The summed E-state index contributed by atoms with van der Waals surface area (Å²) in [4.78, 5) is 14.4. The highest BCUT2D eigenvalue weighted by Gasteiger charge is 2.27. The lowest BCUT2D eigenvalue weighted by atomic mass is 10.3. The van der Waals surface area contributed by atoms with Crippen molar-refractivity contribution in [3.63, 3.8) is 0 Å². The molecule has 0 unspecified atom stereocenters. The fourth-order valence-corrected chi connectivity index (χ4v) is 1.71. The van der Waals surface area contributed by atoms with Crippen LogP contribution in [0.2, 0.25) is 0 Å². The Balaban J connectivity index is 1.59. The average molecular weight is 260 g/mol. The van der Waals surface area contributed by atoms with Crippen molar-refractivity contribution in [1.82, 2.24) is 15.2 Å². The van der Waals surface area contributed by atoms with Gasteiger partial charge in [0.2, 0.25) is 0 Å². The van der Waals surface area contributed by atoms with E-state index in [1.165, 1.54) is 12.1 Å². The Bertz CT molecular complexity index is 589. The predicted octanol–water partition coefficient (Wildman–Crippen LogP) is 2.17. The number of ether oxygens (including phenoxy) is 1. The Kier molecular flexibility index (Phi) is 2.86. The molecule has 0 radical (unpaired) electrons. The Morgan fingerprint density at radius 2 is 2.11 bits per heavy atom. The maximum absolute atomic E-state index is 10.5. The van der Waals surface area contributed by atoms with E-state index in [1.807, 2.05) is 0 Å². The monoisotopic (exact) mass is 260 g/mol. The first-order chi connectivity index (χ1) is 9.22. The van der Waals surface area contributed by atoms with Gasteiger partial charge in [-0.15, -0.1) is 0 Å². The number of rotatable bonds is 5. The minimum atomic E-state index is -0.442. The lowest BCUT2D eigenvalue weighted by Crippen LogP contribution is -1.98. The van der Waals surface area contributed by atoms with Gasteiger partial charge < -0.3 is 4.74 Å². The van der Waals surface area contributed by atoms with Crippen molar-refractivity contribution >= 4 is 5.69 Å². The Labute approximate surface area is 108 Å². The van der Waals surface area contributed by atoms with Crippen molar-refractivity contribution in [2.45, 2.75) is 25.4 Å². The number of H-pyrrole nitrogens is 1. The molecule has 0 aliphatic heterocycles. The van der Waals surface area contributed by atoms with E-state index in [0.717, 1.165) is 18.7 Å². The number of hydrogen-bond donors (Lipinski definition) is 1. The number of hydrogen-bond acceptors (Lipinski definition) is 5. The molecule has 3 rings (SSSR count). The third-order valence-electron chi connectivity index (χ3n) is 2.91. The van der Waals surface area contributed by atoms with Crippen LogP contribution in [-0.4, -0.2) is 20.1 Å². The normalized spacial score (nSPS) is 14.3. The quantitative estimate of drug-likeness (QED) is 0.656. The second kappa shape index (κ2) is 4.68. The maximum atomic E-state index is 10.5. The van der Waals surface area contributed by atoms with Gasteiger partial charge in [-0.3, -0.25) is 15.2 Å². The first-order valence-electron chi connectivity index (χ1n) is 6.01. The summed E-state index contributed by atoms with van der Waals surface area (Å²) in [7, 11) is 0. The zero-order valence-corrected chi connectivity index (χ0v) is 10.1. The van der Waals surface area contributed by atoms with Gasteiger partial charge >= 0.3 is 0 Å². The minimum absolute atomic E-state index is 0.0445. The van der Waals surface area contributed by atoms with Gasteiger partial charge in [0, 0.05) is 18.1 Å². The summed E-state index contributed by atoms with van der Waals surface area (Å²) in [6, 6.07) is 5.95. The zero-order valence-electron chi connectivity index (χ0n) is 10.1. The molecule has 1 N–H and O–H groups in total. The molecule has 7 nitrogen and oxygen atoms in total. The molecule has 0 amide bonds. The molecule has 0 spiro atoms. The van der Waals surface area contributed by atoms with Gasteiger partial charge in [-0.2, -0.15) is 5.10 Å². The molecule has 1 aliphatic rings. The largest absolute Gasteiger partial charge is 0.486 e. The van der Waals surface area contributed by atoms with E-state index in [1.54, 1.807) is 12.1 Å². The van der Waals surface area contributed by atoms with E-state index in [0.29, 0.717) is 17.5 Å². The molecule has 1 aliphatic carbocycles. The van der Waals surface area contributed by atoms with Crippen LogP contribution in [0.1, 0.15) is 30.4 Å². The molecule has 1 aromatic carbocycles. The lowest BCUT2D eigenvalue weighted by Gasteiger charge is -2.02. The van der Waals surface area contributed by atoms with E-state index in [-0.39, 0.29) is 12.3 Å². The van der Waals surface area contributed by atoms with E-state index >= 15 is 0 Å². The number of aromatic nitrogens is 3. The molecule has 0 saturated heterocycles. The van der Waals surface area contributed by atoms with Gasteiger partial charge in [0.05, 0.1) is 4.92 Å². The number of non-ortho nitro benzene ring substituents is 1. The van der Waals surface area contributed by atoms with Crippen LogP contribution in [0.4, 0.5) is 5.69 Å². The third-order valence-corrected chi connectivity index (χ3v) is 2.91. The highest BCUT2D eigenvalue weighted by molar-refractivity contribution is 5.35. The van der Waals surface area contributed by atoms with Gasteiger partial charge in [-0.1, -0.05) is 0 Å². The fraction of sp³-hybridized carbons (Fsp3) is 0.333. The van der Waals surface area contributed by atoms with Crippen LogP contribution in [-0.2, 0) is 6.61 Å². The first-order valence-corrected chi connectivity index (χ1v) is 6.01. The molecular formula is C12H12N4O3. The van der Waals surface area contributed by atoms with Crippen LogP contribution in [0.15, 0.2) is 24.3 Å². The van der Waals surface area contributed by atoms with Crippen LogP contribution in [0.3, 0.4) is 0 Å². The molecule has 1 heterocycles. The minimum Gasteiger partial charge on any atom is -0.486 e. The molecular weight excluding hydrogens is 248 g/mol. The smallest absolute Gasteiger partial charge is 0.269 e. The number of nitrogens with zero attached hydrogens (tertiary/aromatic N) is 3. The van der Waals surface area contributed by atoms with Crippen molar-refractivity contribution < 1.29 is 9.66 Å². The van der Waals surface area contributed by atoms with Crippen LogP contribution in [0.5, 0.6) is 5.75 Å². The van der Waals surface area contributed by atoms with Crippen LogP contribution in [0.25, 0.3) is 0 Å². The maximum Gasteiger partial charge on any atom is 0.269 e. The summed E-state index contributed by atoms with van der Waals surface area (Å²) >= 11 is 0. The van der Waals surface area contributed by atoms with Crippen molar-refractivity contribution in [2.75, 3.05) is 0 Å². The van der Waals surface area contributed by atoms with Crippen molar-refractivity contribution in [3.05, 3.63) is 46.0 Å². The number of aromatic amines is 1. The van der Waals surface area contributed by atoms with Crippen molar-refractivity contribution in [2.24, 2.45) is 0 Å².